The van der Waals surface area contributed by atoms with E-state index in [0.29, 0.717) is 13.0 Å². The summed E-state index contributed by atoms with van der Waals surface area (Å²) in [6.45, 7) is 5.04. The monoisotopic (exact) mass is 332 g/mol. The summed E-state index contributed by atoms with van der Waals surface area (Å²) in [6, 6.07) is 7.00. The van der Waals surface area contributed by atoms with Crippen LogP contribution in [-0.2, 0) is 16.1 Å². The van der Waals surface area contributed by atoms with Crippen LogP contribution in [0.4, 0.5) is 10.5 Å². The molecule has 2 heterocycles. The molecule has 0 saturated carbocycles. The predicted octanol–water partition coefficient (Wildman–Crippen LogP) is 0.919. The average Bonchev–Trinajstić information content (AvgIpc) is 2.60. The van der Waals surface area contributed by atoms with E-state index in [2.05, 4.69) is 20.9 Å². The zero-order valence-corrected chi connectivity index (χ0v) is 13.7. The van der Waals surface area contributed by atoms with Crippen LogP contribution in [0.3, 0.4) is 0 Å². The molecular formula is C17H24N4O3. The smallest absolute Gasteiger partial charge is 0.319 e. The van der Waals surface area contributed by atoms with Gasteiger partial charge in [0, 0.05) is 31.9 Å². The van der Waals surface area contributed by atoms with Crippen LogP contribution < -0.4 is 16.0 Å². The predicted molar refractivity (Wildman–Crippen MR) is 90.7 cm³/mol. The number of rotatable bonds is 4. The van der Waals surface area contributed by atoms with E-state index < -0.39 is 6.04 Å². The third-order valence-corrected chi connectivity index (χ3v) is 4.31. The second kappa shape index (κ2) is 8.12. The second-order valence-corrected chi connectivity index (χ2v) is 6.17. The number of ether oxygens (including phenoxy) is 1. The van der Waals surface area contributed by atoms with Crippen LogP contribution in [0.25, 0.3) is 0 Å². The number of anilines is 1. The highest BCUT2D eigenvalue weighted by molar-refractivity contribution is 5.93. The van der Waals surface area contributed by atoms with Crippen LogP contribution in [0.15, 0.2) is 24.3 Å². The zero-order chi connectivity index (χ0) is 16.8. The van der Waals surface area contributed by atoms with Crippen molar-refractivity contribution in [1.29, 1.82) is 0 Å². The molecule has 0 bridgehead atoms. The van der Waals surface area contributed by atoms with Crippen LogP contribution in [0.1, 0.15) is 18.4 Å². The van der Waals surface area contributed by atoms with Gasteiger partial charge in [0.25, 0.3) is 0 Å². The normalized spacial score (nSPS) is 21.8. The van der Waals surface area contributed by atoms with Gasteiger partial charge in [-0.25, -0.2) is 4.79 Å². The Labute approximate surface area is 141 Å². The summed E-state index contributed by atoms with van der Waals surface area (Å²) in [5.41, 5.74) is 1.92. The molecule has 2 fully saturated rings. The molecule has 2 aliphatic heterocycles. The topological polar surface area (TPSA) is 82.7 Å². The highest BCUT2D eigenvalue weighted by atomic mass is 16.5. The van der Waals surface area contributed by atoms with Gasteiger partial charge in [0.15, 0.2) is 0 Å². The summed E-state index contributed by atoms with van der Waals surface area (Å²) in [6.07, 6.45) is 1.56. The number of urea groups is 1. The fourth-order valence-corrected chi connectivity index (χ4v) is 2.95. The number of hydrogen-bond acceptors (Lipinski definition) is 4. The molecule has 3 N–H and O–H groups in total. The SMILES string of the molecule is O=C(Nc1ccc(CN2CCOCC2)cc1)NC1CCCNC1=O. The molecule has 1 unspecified atom stereocenters. The molecule has 1 aromatic carbocycles. The number of morpholine rings is 1. The summed E-state index contributed by atoms with van der Waals surface area (Å²) < 4.78 is 5.35. The van der Waals surface area contributed by atoms with Crippen molar-refractivity contribution in [2.24, 2.45) is 0 Å². The van der Waals surface area contributed by atoms with Gasteiger partial charge in [-0.15, -0.1) is 0 Å². The Morgan fingerprint density at radius 2 is 2.00 bits per heavy atom. The number of nitrogens with zero attached hydrogens (tertiary/aromatic N) is 1. The first-order valence-corrected chi connectivity index (χ1v) is 8.45. The van der Waals surface area contributed by atoms with Crippen molar-refractivity contribution in [3.8, 4) is 0 Å². The van der Waals surface area contributed by atoms with Crippen LogP contribution in [0.5, 0.6) is 0 Å². The molecule has 2 saturated heterocycles. The second-order valence-electron chi connectivity index (χ2n) is 6.17. The van der Waals surface area contributed by atoms with Crippen LogP contribution in [0, 0.1) is 0 Å². The molecule has 2 aliphatic rings. The summed E-state index contributed by atoms with van der Waals surface area (Å²) in [4.78, 5) is 26.0. The summed E-state index contributed by atoms with van der Waals surface area (Å²) >= 11 is 0. The molecule has 24 heavy (non-hydrogen) atoms. The molecule has 1 aromatic rings. The highest BCUT2D eigenvalue weighted by Gasteiger charge is 2.23. The van der Waals surface area contributed by atoms with Gasteiger partial charge in [-0.2, -0.15) is 0 Å². The molecule has 1 atom stereocenters. The standard InChI is InChI=1S/C17H24N4O3/c22-16-15(2-1-7-18-16)20-17(23)19-14-5-3-13(4-6-14)12-21-8-10-24-11-9-21/h3-6,15H,1-2,7-12H2,(H,18,22)(H2,19,20,23). The lowest BCUT2D eigenvalue weighted by molar-refractivity contribution is -0.124. The van der Waals surface area contributed by atoms with E-state index in [1.807, 2.05) is 24.3 Å². The van der Waals surface area contributed by atoms with Gasteiger partial charge in [-0.1, -0.05) is 12.1 Å². The maximum atomic E-state index is 12.0. The van der Waals surface area contributed by atoms with Crippen molar-refractivity contribution >= 4 is 17.6 Å². The number of carbonyl (C=O) groups is 2. The van der Waals surface area contributed by atoms with Crippen molar-refractivity contribution in [2.45, 2.75) is 25.4 Å². The highest BCUT2D eigenvalue weighted by Crippen LogP contribution is 2.13. The molecule has 7 nitrogen and oxygen atoms in total. The fourth-order valence-electron chi connectivity index (χ4n) is 2.95. The number of benzene rings is 1. The molecule has 3 rings (SSSR count). The minimum atomic E-state index is -0.445. The van der Waals surface area contributed by atoms with E-state index in [0.717, 1.165) is 45.0 Å². The first-order valence-electron chi connectivity index (χ1n) is 8.45. The van der Waals surface area contributed by atoms with E-state index in [9.17, 15) is 9.59 Å². The number of nitrogens with one attached hydrogen (secondary N) is 3. The van der Waals surface area contributed by atoms with Gasteiger partial charge in [0.1, 0.15) is 6.04 Å². The largest absolute Gasteiger partial charge is 0.379 e. The maximum Gasteiger partial charge on any atom is 0.319 e. The third-order valence-electron chi connectivity index (χ3n) is 4.31. The van der Waals surface area contributed by atoms with E-state index in [1.54, 1.807) is 0 Å². The minimum Gasteiger partial charge on any atom is -0.379 e. The number of hydrogen-bond donors (Lipinski definition) is 3. The summed E-state index contributed by atoms with van der Waals surface area (Å²) in [5.74, 6) is -0.114. The van der Waals surface area contributed by atoms with Gasteiger partial charge in [0.05, 0.1) is 13.2 Å². The van der Waals surface area contributed by atoms with Crippen molar-refractivity contribution < 1.29 is 14.3 Å². The fraction of sp³-hybridized carbons (Fsp3) is 0.529. The molecule has 130 valence electrons. The van der Waals surface area contributed by atoms with E-state index >= 15 is 0 Å². The van der Waals surface area contributed by atoms with Gasteiger partial charge in [-0.3, -0.25) is 9.69 Å². The van der Waals surface area contributed by atoms with E-state index in [4.69, 9.17) is 4.74 Å². The minimum absolute atomic E-state index is 0.114. The van der Waals surface area contributed by atoms with Gasteiger partial charge < -0.3 is 20.7 Å². The van der Waals surface area contributed by atoms with Crippen molar-refractivity contribution in [1.82, 2.24) is 15.5 Å². The Morgan fingerprint density at radius 3 is 2.71 bits per heavy atom. The van der Waals surface area contributed by atoms with Gasteiger partial charge >= 0.3 is 6.03 Å². The molecule has 0 aliphatic carbocycles. The third kappa shape index (κ3) is 4.69. The van der Waals surface area contributed by atoms with Crippen molar-refractivity contribution in [3.05, 3.63) is 29.8 Å². The van der Waals surface area contributed by atoms with E-state index in [-0.39, 0.29) is 11.9 Å². The van der Waals surface area contributed by atoms with E-state index in [1.165, 1.54) is 5.56 Å². The Morgan fingerprint density at radius 1 is 1.25 bits per heavy atom. The molecule has 0 aromatic heterocycles. The Hall–Kier alpha value is -2.12. The lowest BCUT2D eigenvalue weighted by Gasteiger charge is -2.26. The molecular weight excluding hydrogens is 308 g/mol. The lowest BCUT2D eigenvalue weighted by atomic mass is 10.1. The number of piperidine rings is 1. The Kier molecular flexibility index (Phi) is 5.66. The molecule has 3 amide bonds. The summed E-state index contributed by atoms with van der Waals surface area (Å²) in [5, 5.41) is 8.24. The quantitative estimate of drug-likeness (QED) is 0.766. The average molecular weight is 332 g/mol. The van der Waals surface area contributed by atoms with Gasteiger partial charge in [-0.05, 0) is 30.5 Å². The van der Waals surface area contributed by atoms with Crippen LogP contribution in [-0.4, -0.2) is 55.7 Å². The van der Waals surface area contributed by atoms with Crippen molar-refractivity contribution in [2.75, 3.05) is 38.2 Å². The number of carbonyl (C=O) groups excluding carboxylic acids is 2. The molecule has 0 radical (unpaired) electrons. The van der Waals surface area contributed by atoms with Crippen LogP contribution >= 0.6 is 0 Å². The lowest BCUT2D eigenvalue weighted by Crippen LogP contribution is -2.51. The van der Waals surface area contributed by atoms with Crippen LogP contribution in [0.2, 0.25) is 0 Å². The Balaban J connectivity index is 1.48. The zero-order valence-electron chi connectivity index (χ0n) is 13.7. The summed E-state index contributed by atoms with van der Waals surface area (Å²) in [7, 11) is 0. The molecule has 7 heteroatoms. The van der Waals surface area contributed by atoms with Gasteiger partial charge in [0.2, 0.25) is 5.91 Å². The maximum absolute atomic E-state index is 12.0. The first kappa shape index (κ1) is 16.7. The Bertz CT molecular complexity index is 570. The first-order chi connectivity index (χ1) is 11.7. The molecule has 0 spiro atoms. The number of amides is 3. The van der Waals surface area contributed by atoms with Crippen molar-refractivity contribution in [3.63, 3.8) is 0 Å².